The van der Waals surface area contributed by atoms with Crippen LogP contribution in [0.4, 0.5) is 10.1 Å². The average molecular weight is 412 g/mol. The molecule has 0 aromatic heterocycles. The summed E-state index contributed by atoms with van der Waals surface area (Å²) in [7, 11) is 0. The third kappa shape index (κ3) is 6.95. The minimum atomic E-state index is -0.340. The van der Waals surface area contributed by atoms with Crippen molar-refractivity contribution in [1.82, 2.24) is 5.48 Å². The van der Waals surface area contributed by atoms with Crippen LogP contribution in [0.2, 0.25) is 0 Å². The Bertz CT molecular complexity index is 889. The molecule has 2 N–H and O–H groups in total. The minimum Gasteiger partial charge on any atom is -0.378 e. The number of hydroxylamine groups is 1. The van der Waals surface area contributed by atoms with Crippen LogP contribution in [0, 0.1) is 5.82 Å². The van der Waals surface area contributed by atoms with E-state index in [1.165, 1.54) is 23.7 Å². The number of nitrogens with zero attached hydrogens (tertiary/aromatic N) is 1. The average Bonchev–Trinajstić information content (AvgIpc) is 2.79. The molecule has 1 saturated heterocycles. The first-order valence-corrected chi connectivity index (χ1v) is 9.49. The molecule has 2 aromatic carbocycles. The fourth-order valence-electron chi connectivity index (χ4n) is 2.89. The highest BCUT2D eigenvalue weighted by Gasteiger charge is 2.11. The molecule has 30 heavy (non-hydrogen) atoms. The number of amides is 1. The van der Waals surface area contributed by atoms with Gasteiger partial charge in [0.2, 0.25) is 6.41 Å². The van der Waals surface area contributed by atoms with Crippen LogP contribution >= 0.6 is 0 Å². The van der Waals surface area contributed by atoms with Gasteiger partial charge >= 0.3 is 0 Å². The van der Waals surface area contributed by atoms with Crippen molar-refractivity contribution >= 4 is 30.0 Å². The highest BCUT2D eigenvalue weighted by atomic mass is 19.1. The van der Waals surface area contributed by atoms with Crippen molar-refractivity contribution in [3.8, 4) is 0 Å². The van der Waals surface area contributed by atoms with Gasteiger partial charge in [-0.3, -0.25) is 14.8 Å². The first-order valence-electron chi connectivity index (χ1n) is 9.49. The number of morpholine rings is 1. The molecule has 0 aliphatic carbocycles. The molecule has 0 spiro atoms. The Labute approximate surface area is 175 Å². The number of ketones is 1. The van der Waals surface area contributed by atoms with Gasteiger partial charge in [-0.25, -0.2) is 9.87 Å². The van der Waals surface area contributed by atoms with Gasteiger partial charge in [-0.15, -0.1) is 0 Å². The Morgan fingerprint density at radius 3 is 2.37 bits per heavy atom. The summed E-state index contributed by atoms with van der Waals surface area (Å²) in [4.78, 5) is 23.4. The molecule has 158 valence electrons. The highest BCUT2D eigenvalue weighted by Crippen LogP contribution is 2.18. The van der Waals surface area contributed by atoms with E-state index in [4.69, 9.17) is 14.7 Å². The van der Waals surface area contributed by atoms with Gasteiger partial charge in [0.1, 0.15) is 5.82 Å². The second-order valence-corrected chi connectivity index (χ2v) is 6.37. The van der Waals surface area contributed by atoms with Gasteiger partial charge in [0, 0.05) is 29.9 Å². The Morgan fingerprint density at radius 2 is 1.80 bits per heavy atom. The summed E-state index contributed by atoms with van der Waals surface area (Å²) in [5.41, 5.74) is 4.12. The lowest BCUT2D eigenvalue weighted by atomic mass is 10.1. The van der Waals surface area contributed by atoms with E-state index >= 15 is 0 Å². The molecule has 1 fully saturated rings. The SMILES string of the molecule is C/C=C/c1ccc(/C=C/C(=O)c2ccc(N3CCOCC3)cc2)c(F)c1.O=CNO. The third-order valence-corrected chi connectivity index (χ3v) is 4.38. The second-order valence-electron chi connectivity index (χ2n) is 6.37. The van der Waals surface area contributed by atoms with Crippen LogP contribution in [0.1, 0.15) is 28.4 Å². The molecular weight excluding hydrogens is 387 g/mol. The summed E-state index contributed by atoms with van der Waals surface area (Å²) in [6, 6.07) is 12.5. The lowest BCUT2D eigenvalue weighted by molar-refractivity contribution is -0.116. The van der Waals surface area contributed by atoms with E-state index in [1.807, 2.05) is 49.4 Å². The third-order valence-electron chi connectivity index (χ3n) is 4.38. The molecule has 0 unspecified atom stereocenters. The van der Waals surface area contributed by atoms with E-state index in [2.05, 4.69) is 4.90 Å². The summed E-state index contributed by atoms with van der Waals surface area (Å²) in [6.07, 6.45) is 6.80. The normalized spacial score (nSPS) is 13.8. The largest absolute Gasteiger partial charge is 0.378 e. The maximum Gasteiger partial charge on any atom is 0.230 e. The van der Waals surface area contributed by atoms with Crippen molar-refractivity contribution < 1.29 is 23.9 Å². The monoisotopic (exact) mass is 412 g/mol. The zero-order valence-electron chi connectivity index (χ0n) is 16.8. The quantitative estimate of drug-likeness (QED) is 0.249. The lowest BCUT2D eigenvalue weighted by Crippen LogP contribution is -2.36. The van der Waals surface area contributed by atoms with Gasteiger partial charge in [-0.1, -0.05) is 24.3 Å². The van der Waals surface area contributed by atoms with Crippen LogP contribution < -0.4 is 10.4 Å². The molecule has 1 heterocycles. The second kappa shape index (κ2) is 12.3. The number of anilines is 1. The smallest absolute Gasteiger partial charge is 0.230 e. The summed E-state index contributed by atoms with van der Waals surface area (Å²) in [6.45, 7) is 5.05. The van der Waals surface area contributed by atoms with Gasteiger partial charge in [0.05, 0.1) is 13.2 Å². The fourth-order valence-corrected chi connectivity index (χ4v) is 2.89. The van der Waals surface area contributed by atoms with Crippen molar-refractivity contribution in [3.63, 3.8) is 0 Å². The summed E-state index contributed by atoms with van der Waals surface area (Å²) >= 11 is 0. The van der Waals surface area contributed by atoms with E-state index in [0.29, 0.717) is 11.1 Å². The standard InChI is InChI=1S/C22H22FNO2.CH3NO2/c1-2-3-17-4-5-18(21(23)16-17)8-11-22(25)19-6-9-20(10-7-19)24-12-14-26-15-13-24;3-1-2-4/h2-11,16H,12-15H2,1H3;1,4H,(H,2,3)/b3-2+,11-8+;. The first kappa shape index (κ1) is 23.0. The van der Waals surface area contributed by atoms with Gasteiger partial charge in [-0.2, -0.15) is 0 Å². The van der Waals surface area contributed by atoms with Gasteiger partial charge < -0.3 is 9.64 Å². The number of carbonyl (C=O) groups excluding carboxylic acids is 2. The molecule has 7 heteroatoms. The number of carbonyl (C=O) groups is 2. The maximum atomic E-state index is 14.1. The van der Waals surface area contributed by atoms with Crippen LogP contribution in [0.3, 0.4) is 0 Å². The van der Waals surface area contributed by atoms with Gasteiger partial charge in [-0.05, 0) is 55.0 Å². The predicted octanol–water partition coefficient (Wildman–Crippen LogP) is 3.71. The number of benzene rings is 2. The van der Waals surface area contributed by atoms with Crippen LogP contribution in [0.15, 0.2) is 54.6 Å². The number of rotatable bonds is 6. The molecule has 2 aromatic rings. The van der Waals surface area contributed by atoms with Crippen molar-refractivity contribution in [1.29, 1.82) is 0 Å². The van der Waals surface area contributed by atoms with Crippen molar-refractivity contribution in [2.75, 3.05) is 31.2 Å². The molecule has 0 atom stereocenters. The number of halogens is 1. The minimum absolute atomic E-state index is 0.143. The zero-order chi connectivity index (χ0) is 21.8. The Balaban J connectivity index is 0.000000735. The van der Waals surface area contributed by atoms with Crippen LogP contribution in [-0.4, -0.2) is 43.7 Å². The van der Waals surface area contributed by atoms with Crippen molar-refractivity contribution in [2.24, 2.45) is 0 Å². The Hall–Kier alpha value is -3.29. The van der Waals surface area contributed by atoms with E-state index in [9.17, 15) is 9.18 Å². The Kier molecular flexibility index (Phi) is 9.44. The predicted molar refractivity (Wildman–Crippen MR) is 115 cm³/mol. The van der Waals surface area contributed by atoms with E-state index in [0.717, 1.165) is 37.6 Å². The molecule has 3 rings (SSSR count). The maximum absolute atomic E-state index is 14.1. The molecule has 0 radical (unpaired) electrons. The summed E-state index contributed by atoms with van der Waals surface area (Å²) in [5.74, 6) is -0.484. The van der Waals surface area contributed by atoms with Crippen LogP contribution in [0.5, 0.6) is 0 Å². The van der Waals surface area contributed by atoms with Crippen molar-refractivity contribution in [3.05, 3.63) is 77.1 Å². The van der Waals surface area contributed by atoms with Gasteiger partial charge in [0.25, 0.3) is 0 Å². The number of hydrogen-bond acceptors (Lipinski definition) is 5. The van der Waals surface area contributed by atoms with Crippen LogP contribution in [0.25, 0.3) is 12.2 Å². The molecule has 1 aliphatic heterocycles. The molecule has 6 nitrogen and oxygen atoms in total. The van der Waals surface area contributed by atoms with Gasteiger partial charge in [0.15, 0.2) is 5.78 Å². The highest BCUT2D eigenvalue weighted by molar-refractivity contribution is 6.07. The topological polar surface area (TPSA) is 78.9 Å². The summed E-state index contributed by atoms with van der Waals surface area (Å²) < 4.78 is 19.4. The first-order chi connectivity index (χ1) is 14.6. The fraction of sp³-hybridized carbons (Fsp3) is 0.217. The molecule has 0 saturated carbocycles. The number of hydrogen-bond donors (Lipinski definition) is 2. The Morgan fingerprint density at radius 1 is 1.13 bits per heavy atom. The molecule has 1 aliphatic rings. The van der Waals surface area contributed by atoms with Crippen molar-refractivity contribution in [2.45, 2.75) is 6.92 Å². The van der Waals surface area contributed by atoms with E-state index in [1.54, 1.807) is 6.07 Å². The van der Waals surface area contributed by atoms with E-state index < -0.39 is 0 Å². The molecule has 0 bridgehead atoms. The van der Waals surface area contributed by atoms with E-state index in [-0.39, 0.29) is 18.0 Å². The molecular formula is C23H25FN2O4. The lowest BCUT2D eigenvalue weighted by Gasteiger charge is -2.28. The zero-order valence-corrected chi connectivity index (χ0v) is 16.8. The van der Waals surface area contributed by atoms with Crippen LogP contribution in [-0.2, 0) is 9.53 Å². The number of nitrogens with one attached hydrogen (secondary N) is 1. The number of allylic oxidation sites excluding steroid dienone is 2. The molecule has 1 amide bonds. The number of ether oxygens (including phenoxy) is 1. The summed E-state index contributed by atoms with van der Waals surface area (Å²) in [5, 5.41) is 7.26.